The number of carbonyl (C=O) groups is 1. The van der Waals surface area contributed by atoms with E-state index < -0.39 is 0 Å². The Bertz CT molecular complexity index is 617. The van der Waals surface area contributed by atoms with Crippen LogP contribution in [0, 0.1) is 0 Å². The lowest BCUT2D eigenvalue weighted by molar-refractivity contribution is -0.120. The highest BCUT2D eigenvalue weighted by Crippen LogP contribution is 2.11. The van der Waals surface area contributed by atoms with Gasteiger partial charge in [-0.05, 0) is 36.2 Å². The van der Waals surface area contributed by atoms with Gasteiger partial charge >= 0.3 is 0 Å². The first kappa shape index (κ1) is 15.5. The molecule has 0 atom stereocenters. The van der Waals surface area contributed by atoms with Gasteiger partial charge in [-0.2, -0.15) is 5.10 Å². The van der Waals surface area contributed by atoms with Gasteiger partial charge in [0.25, 0.3) is 0 Å². The predicted molar refractivity (Wildman–Crippen MR) is 86.3 cm³/mol. The number of hydrogen-bond donors (Lipinski definition) is 1. The lowest BCUT2D eigenvalue weighted by Crippen LogP contribution is -2.19. The minimum atomic E-state index is -0.158. The fraction of sp³-hybridized carbons (Fsp3) is 0.250. The zero-order chi connectivity index (χ0) is 15.1. The van der Waals surface area contributed by atoms with Gasteiger partial charge in [-0.15, -0.1) is 0 Å². The van der Waals surface area contributed by atoms with Crippen LogP contribution in [0.15, 0.2) is 50.4 Å². The highest BCUT2D eigenvalue weighted by atomic mass is 79.9. The lowest BCUT2D eigenvalue weighted by Gasteiger charge is -2.00. The highest BCUT2D eigenvalue weighted by Gasteiger charge is 2.02. The van der Waals surface area contributed by atoms with Crippen molar-refractivity contribution in [3.05, 3.63) is 58.0 Å². The molecular formula is C16H17BrN2O2. The van der Waals surface area contributed by atoms with E-state index in [2.05, 4.69) is 33.4 Å². The standard InChI is InChI=1S/C16H17BrN2O2/c1-2-3-14-8-9-15(21-14)11-18-19-16(20)10-12-4-6-13(17)7-5-12/h4-9,11H,2-3,10H2,1H3,(H,19,20)/b18-11+. The number of halogens is 1. The zero-order valence-electron chi connectivity index (χ0n) is 11.8. The van der Waals surface area contributed by atoms with Crippen LogP contribution in [-0.4, -0.2) is 12.1 Å². The minimum absolute atomic E-state index is 0.158. The molecule has 0 aliphatic heterocycles. The van der Waals surface area contributed by atoms with Crippen LogP contribution in [-0.2, 0) is 17.6 Å². The Morgan fingerprint density at radius 3 is 2.76 bits per heavy atom. The largest absolute Gasteiger partial charge is 0.460 e. The average Bonchev–Trinajstić information content (AvgIpc) is 2.89. The topological polar surface area (TPSA) is 54.6 Å². The maximum atomic E-state index is 11.7. The summed E-state index contributed by atoms with van der Waals surface area (Å²) in [6, 6.07) is 11.4. The molecule has 0 unspecified atom stereocenters. The van der Waals surface area contributed by atoms with Gasteiger partial charge < -0.3 is 4.42 Å². The molecule has 2 aromatic rings. The van der Waals surface area contributed by atoms with Crippen LogP contribution in [0.25, 0.3) is 0 Å². The van der Waals surface area contributed by atoms with E-state index in [4.69, 9.17) is 4.42 Å². The zero-order valence-corrected chi connectivity index (χ0v) is 13.4. The van der Waals surface area contributed by atoms with Gasteiger partial charge in [0.1, 0.15) is 11.5 Å². The number of aryl methyl sites for hydroxylation is 1. The summed E-state index contributed by atoms with van der Waals surface area (Å²) in [5, 5.41) is 3.90. The monoisotopic (exact) mass is 348 g/mol. The fourth-order valence-corrected chi connectivity index (χ4v) is 2.10. The van der Waals surface area contributed by atoms with Crippen LogP contribution >= 0.6 is 15.9 Å². The molecule has 1 amide bonds. The van der Waals surface area contributed by atoms with Crippen molar-refractivity contribution in [2.75, 3.05) is 0 Å². The Labute approximate surface area is 132 Å². The van der Waals surface area contributed by atoms with E-state index in [1.165, 1.54) is 6.21 Å². The van der Waals surface area contributed by atoms with Crippen molar-refractivity contribution in [1.82, 2.24) is 5.43 Å². The van der Waals surface area contributed by atoms with E-state index in [0.717, 1.165) is 28.6 Å². The van der Waals surface area contributed by atoms with Crippen molar-refractivity contribution in [3.8, 4) is 0 Å². The first-order valence-corrected chi connectivity index (χ1v) is 7.61. The summed E-state index contributed by atoms with van der Waals surface area (Å²) in [5.41, 5.74) is 3.43. The first-order valence-electron chi connectivity index (χ1n) is 6.82. The van der Waals surface area contributed by atoms with Gasteiger partial charge in [-0.1, -0.05) is 35.0 Å². The number of rotatable bonds is 6. The van der Waals surface area contributed by atoms with E-state index in [1.807, 2.05) is 36.4 Å². The third kappa shape index (κ3) is 5.19. The summed E-state index contributed by atoms with van der Waals surface area (Å²) in [4.78, 5) is 11.7. The quantitative estimate of drug-likeness (QED) is 0.639. The van der Waals surface area contributed by atoms with Crippen molar-refractivity contribution in [3.63, 3.8) is 0 Å². The smallest absolute Gasteiger partial charge is 0.244 e. The van der Waals surface area contributed by atoms with Gasteiger partial charge in [0.15, 0.2) is 0 Å². The molecule has 1 aromatic heterocycles. The minimum Gasteiger partial charge on any atom is -0.460 e. The maximum absolute atomic E-state index is 11.7. The lowest BCUT2D eigenvalue weighted by atomic mass is 10.1. The van der Waals surface area contributed by atoms with Crippen LogP contribution in [0.4, 0.5) is 0 Å². The number of nitrogens with one attached hydrogen (secondary N) is 1. The molecule has 1 heterocycles. The number of benzene rings is 1. The second-order valence-corrected chi connectivity index (χ2v) is 5.57. The molecular weight excluding hydrogens is 332 g/mol. The highest BCUT2D eigenvalue weighted by molar-refractivity contribution is 9.10. The van der Waals surface area contributed by atoms with Crippen molar-refractivity contribution < 1.29 is 9.21 Å². The summed E-state index contributed by atoms with van der Waals surface area (Å²) < 4.78 is 6.52. The van der Waals surface area contributed by atoms with E-state index >= 15 is 0 Å². The molecule has 110 valence electrons. The molecule has 1 N–H and O–H groups in total. The molecule has 5 heteroatoms. The van der Waals surface area contributed by atoms with E-state index in [1.54, 1.807) is 0 Å². The molecule has 0 spiro atoms. The molecule has 0 aliphatic carbocycles. The fourth-order valence-electron chi connectivity index (χ4n) is 1.84. The van der Waals surface area contributed by atoms with Crippen molar-refractivity contribution in [1.29, 1.82) is 0 Å². The van der Waals surface area contributed by atoms with Crippen molar-refractivity contribution in [2.45, 2.75) is 26.2 Å². The maximum Gasteiger partial charge on any atom is 0.244 e. The van der Waals surface area contributed by atoms with Gasteiger partial charge in [-0.25, -0.2) is 5.43 Å². The van der Waals surface area contributed by atoms with Crippen LogP contribution in [0.5, 0.6) is 0 Å². The summed E-state index contributed by atoms with van der Waals surface area (Å²) in [5.74, 6) is 1.41. The summed E-state index contributed by atoms with van der Waals surface area (Å²) in [7, 11) is 0. The molecule has 1 aromatic carbocycles. The first-order chi connectivity index (χ1) is 10.2. The number of furan rings is 1. The normalized spacial score (nSPS) is 11.0. The Kier molecular flexibility index (Phi) is 5.75. The third-order valence-corrected chi connectivity index (χ3v) is 3.37. The molecule has 0 saturated carbocycles. The summed E-state index contributed by atoms with van der Waals surface area (Å²) >= 11 is 3.36. The van der Waals surface area contributed by atoms with Crippen LogP contribution in [0.1, 0.15) is 30.4 Å². The summed E-state index contributed by atoms with van der Waals surface area (Å²) in [6.45, 7) is 2.10. The third-order valence-electron chi connectivity index (χ3n) is 2.84. The van der Waals surface area contributed by atoms with Crippen LogP contribution < -0.4 is 5.43 Å². The summed E-state index contributed by atoms with van der Waals surface area (Å²) in [6.07, 6.45) is 3.75. The number of hydrazone groups is 1. The number of nitrogens with zero attached hydrogens (tertiary/aromatic N) is 1. The second-order valence-electron chi connectivity index (χ2n) is 4.65. The van der Waals surface area contributed by atoms with E-state index in [-0.39, 0.29) is 5.91 Å². The average molecular weight is 349 g/mol. The molecule has 0 fully saturated rings. The van der Waals surface area contributed by atoms with Gasteiger partial charge in [0.05, 0.1) is 12.6 Å². The SMILES string of the molecule is CCCc1ccc(/C=N/NC(=O)Cc2ccc(Br)cc2)o1. The van der Waals surface area contributed by atoms with E-state index in [0.29, 0.717) is 12.2 Å². The van der Waals surface area contributed by atoms with E-state index in [9.17, 15) is 4.79 Å². The molecule has 0 radical (unpaired) electrons. The molecule has 21 heavy (non-hydrogen) atoms. The predicted octanol–water partition coefficient (Wildman–Crippen LogP) is 3.69. The van der Waals surface area contributed by atoms with Gasteiger partial charge in [-0.3, -0.25) is 4.79 Å². The Morgan fingerprint density at radius 1 is 1.29 bits per heavy atom. The Morgan fingerprint density at radius 2 is 2.05 bits per heavy atom. The number of carbonyl (C=O) groups excluding carboxylic acids is 1. The molecule has 4 nitrogen and oxygen atoms in total. The second kappa shape index (κ2) is 7.78. The molecule has 0 aliphatic rings. The number of amides is 1. The Hall–Kier alpha value is -1.88. The van der Waals surface area contributed by atoms with Crippen LogP contribution in [0.3, 0.4) is 0 Å². The van der Waals surface area contributed by atoms with Crippen molar-refractivity contribution >= 4 is 28.1 Å². The van der Waals surface area contributed by atoms with Crippen LogP contribution in [0.2, 0.25) is 0 Å². The van der Waals surface area contributed by atoms with Crippen molar-refractivity contribution in [2.24, 2.45) is 5.10 Å². The molecule has 2 rings (SSSR count). The molecule has 0 saturated heterocycles. The van der Waals surface area contributed by atoms with Gasteiger partial charge in [0.2, 0.25) is 5.91 Å². The molecule has 0 bridgehead atoms. The van der Waals surface area contributed by atoms with Gasteiger partial charge in [0, 0.05) is 10.9 Å². The number of hydrogen-bond acceptors (Lipinski definition) is 3. The Balaban J connectivity index is 1.82.